The quantitative estimate of drug-likeness (QED) is 0.524. The van der Waals surface area contributed by atoms with Crippen LogP contribution in [0, 0.1) is 0 Å². The van der Waals surface area contributed by atoms with Crippen molar-refractivity contribution in [3.05, 3.63) is 56.9 Å². The molecule has 0 saturated heterocycles. The summed E-state index contributed by atoms with van der Waals surface area (Å²) in [5.74, 6) is -1.34. The van der Waals surface area contributed by atoms with E-state index in [1.807, 2.05) is 13.8 Å². The number of pyridine rings is 1. The van der Waals surface area contributed by atoms with E-state index in [0.29, 0.717) is 16.6 Å². The maximum atomic E-state index is 13.0. The van der Waals surface area contributed by atoms with Gasteiger partial charge in [0.25, 0.3) is 11.8 Å². The molecule has 0 unspecified atom stereocenters. The fourth-order valence-electron chi connectivity index (χ4n) is 2.57. The van der Waals surface area contributed by atoms with Crippen LogP contribution in [0.4, 0.5) is 19.0 Å². The Balaban J connectivity index is 1.67. The van der Waals surface area contributed by atoms with Crippen molar-refractivity contribution in [1.29, 1.82) is 0 Å². The minimum absolute atomic E-state index is 0.108. The van der Waals surface area contributed by atoms with Gasteiger partial charge in [-0.3, -0.25) is 14.3 Å². The lowest BCUT2D eigenvalue weighted by atomic mass is 10.2. The van der Waals surface area contributed by atoms with Crippen molar-refractivity contribution >= 4 is 40.6 Å². The van der Waals surface area contributed by atoms with Gasteiger partial charge in [0.1, 0.15) is 15.7 Å². The van der Waals surface area contributed by atoms with Crippen molar-refractivity contribution in [2.75, 3.05) is 5.32 Å². The number of halogens is 4. The third-order valence-electron chi connectivity index (χ3n) is 4.26. The van der Waals surface area contributed by atoms with Crippen LogP contribution in [0.1, 0.15) is 63.5 Å². The topological polar surface area (TPSA) is 102 Å². The molecule has 0 fully saturated rings. The second-order valence-electron chi connectivity index (χ2n) is 7.06. The Bertz CT molecular complexity index is 1140. The number of hydrogen-bond acceptors (Lipinski definition) is 6. The van der Waals surface area contributed by atoms with Gasteiger partial charge in [0, 0.05) is 18.4 Å². The second kappa shape index (κ2) is 9.25. The highest BCUT2D eigenvalue weighted by Crippen LogP contribution is 2.35. The second-order valence-corrected chi connectivity index (χ2v) is 8.53. The summed E-state index contributed by atoms with van der Waals surface area (Å²) in [6.45, 7) is 5.56. The number of carbonyl (C=O) groups is 2. The Morgan fingerprint density at radius 2 is 1.84 bits per heavy atom. The van der Waals surface area contributed by atoms with Gasteiger partial charge in [-0.25, -0.2) is 9.97 Å². The van der Waals surface area contributed by atoms with Crippen molar-refractivity contribution in [3.63, 3.8) is 0 Å². The first kappa shape index (κ1) is 23.7. The summed E-state index contributed by atoms with van der Waals surface area (Å²) in [7, 11) is 0. The molecule has 32 heavy (non-hydrogen) atoms. The van der Waals surface area contributed by atoms with Crippen LogP contribution in [0.5, 0.6) is 0 Å². The number of thiazole rings is 1. The molecule has 13 heteroatoms. The number of rotatable bonds is 6. The molecule has 0 aliphatic rings. The summed E-state index contributed by atoms with van der Waals surface area (Å²) < 4.78 is 40.6. The van der Waals surface area contributed by atoms with Crippen molar-refractivity contribution in [2.45, 2.75) is 39.0 Å². The van der Waals surface area contributed by atoms with E-state index < -0.39 is 28.7 Å². The molecule has 0 radical (unpaired) electrons. The first-order valence-corrected chi connectivity index (χ1v) is 10.5. The molecule has 3 aromatic heterocycles. The molecule has 0 saturated carbocycles. The van der Waals surface area contributed by atoms with E-state index in [4.69, 9.17) is 11.6 Å². The Hall–Kier alpha value is -2.99. The summed E-state index contributed by atoms with van der Waals surface area (Å²) >= 11 is 6.53. The standard InChI is InChI=1S/C19H18ClF3N6O2S/c1-9(2)29-8-11(5-26-29)16(30)27-10(3)18-25-7-14(32-18)17(31)28-15-4-12(19(21,22)23)13(20)6-24-15/h4-10H,1-3H3,(H,27,30)(H,24,28,31)/t10-/m1/s1. The largest absolute Gasteiger partial charge is 0.418 e. The summed E-state index contributed by atoms with van der Waals surface area (Å²) in [5.41, 5.74) is -0.721. The maximum Gasteiger partial charge on any atom is 0.418 e. The van der Waals surface area contributed by atoms with E-state index in [9.17, 15) is 22.8 Å². The number of nitrogens with one attached hydrogen (secondary N) is 2. The van der Waals surface area contributed by atoms with Gasteiger partial charge in [0.2, 0.25) is 0 Å². The molecule has 0 aromatic carbocycles. The fraction of sp³-hybridized carbons (Fsp3) is 0.316. The van der Waals surface area contributed by atoms with E-state index in [1.54, 1.807) is 17.8 Å². The normalized spacial score (nSPS) is 12.6. The first-order chi connectivity index (χ1) is 15.0. The molecule has 170 valence electrons. The van der Waals surface area contributed by atoms with E-state index >= 15 is 0 Å². The zero-order valence-electron chi connectivity index (χ0n) is 17.1. The van der Waals surface area contributed by atoms with Crippen LogP contribution < -0.4 is 10.6 Å². The summed E-state index contributed by atoms with van der Waals surface area (Å²) in [6, 6.07) is 0.251. The molecule has 0 bridgehead atoms. The molecule has 8 nitrogen and oxygen atoms in total. The lowest BCUT2D eigenvalue weighted by Gasteiger charge is -2.11. The Morgan fingerprint density at radius 1 is 1.12 bits per heavy atom. The van der Waals surface area contributed by atoms with E-state index in [2.05, 4.69) is 25.7 Å². The maximum absolute atomic E-state index is 13.0. The lowest BCUT2D eigenvalue weighted by molar-refractivity contribution is -0.137. The number of nitrogens with zero attached hydrogens (tertiary/aromatic N) is 4. The average Bonchev–Trinajstić information content (AvgIpc) is 3.38. The van der Waals surface area contributed by atoms with Gasteiger partial charge in [0.15, 0.2) is 0 Å². The summed E-state index contributed by atoms with van der Waals surface area (Å²) in [6.07, 6.45) is 0.488. The highest BCUT2D eigenvalue weighted by Gasteiger charge is 2.34. The predicted octanol–water partition coefficient (Wildman–Crippen LogP) is 4.73. The first-order valence-electron chi connectivity index (χ1n) is 9.30. The van der Waals surface area contributed by atoms with E-state index in [1.165, 1.54) is 12.4 Å². The van der Waals surface area contributed by atoms with Crippen molar-refractivity contribution < 1.29 is 22.8 Å². The molecule has 0 aliphatic carbocycles. The van der Waals surface area contributed by atoms with Gasteiger partial charge in [0.05, 0.1) is 34.6 Å². The van der Waals surface area contributed by atoms with Crippen molar-refractivity contribution in [3.8, 4) is 0 Å². The van der Waals surface area contributed by atoms with Crippen LogP contribution in [0.3, 0.4) is 0 Å². The van der Waals surface area contributed by atoms with Crippen LogP contribution in [-0.4, -0.2) is 31.6 Å². The van der Waals surface area contributed by atoms with E-state index in [0.717, 1.165) is 17.5 Å². The zero-order valence-corrected chi connectivity index (χ0v) is 18.6. The molecule has 0 spiro atoms. The average molecular weight is 487 g/mol. The third kappa shape index (κ3) is 5.43. The Kier molecular flexibility index (Phi) is 6.84. The molecular weight excluding hydrogens is 469 g/mol. The molecule has 2 amide bonds. The molecule has 3 heterocycles. The van der Waals surface area contributed by atoms with Gasteiger partial charge in [-0.05, 0) is 26.8 Å². The Labute approximate surface area is 189 Å². The van der Waals surface area contributed by atoms with Crippen molar-refractivity contribution in [1.82, 2.24) is 25.1 Å². The molecular formula is C19H18ClF3N6O2S. The molecule has 3 aromatic rings. The minimum Gasteiger partial charge on any atom is -0.343 e. The third-order valence-corrected chi connectivity index (χ3v) is 5.74. The number of amides is 2. The summed E-state index contributed by atoms with van der Waals surface area (Å²) in [4.78, 5) is 32.8. The van der Waals surface area contributed by atoms with Gasteiger partial charge in [-0.2, -0.15) is 18.3 Å². The smallest absolute Gasteiger partial charge is 0.343 e. The molecule has 3 rings (SSSR count). The number of carbonyl (C=O) groups excluding carboxylic acids is 2. The highest BCUT2D eigenvalue weighted by molar-refractivity contribution is 7.13. The van der Waals surface area contributed by atoms with Gasteiger partial charge in [-0.15, -0.1) is 11.3 Å². The monoisotopic (exact) mass is 486 g/mol. The van der Waals surface area contributed by atoms with Crippen LogP contribution >= 0.6 is 22.9 Å². The van der Waals surface area contributed by atoms with E-state index in [-0.39, 0.29) is 22.6 Å². The van der Waals surface area contributed by atoms with Crippen LogP contribution in [0.2, 0.25) is 5.02 Å². The highest BCUT2D eigenvalue weighted by atomic mass is 35.5. The van der Waals surface area contributed by atoms with Gasteiger partial charge in [-0.1, -0.05) is 11.6 Å². The van der Waals surface area contributed by atoms with Crippen LogP contribution in [0.25, 0.3) is 0 Å². The molecule has 0 aliphatic heterocycles. The predicted molar refractivity (Wildman–Crippen MR) is 113 cm³/mol. The molecule has 1 atom stereocenters. The van der Waals surface area contributed by atoms with Crippen LogP contribution in [0.15, 0.2) is 30.9 Å². The number of hydrogen-bond donors (Lipinski definition) is 2. The van der Waals surface area contributed by atoms with Crippen molar-refractivity contribution in [2.24, 2.45) is 0 Å². The molecule has 2 N–H and O–H groups in total. The fourth-order valence-corrected chi connectivity index (χ4v) is 3.60. The SMILES string of the molecule is CC(C)n1cc(C(=O)N[C@H](C)c2ncc(C(=O)Nc3cc(C(F)(F)F)c(Cl)cn3)s2)cn1. The van der Waals surface area contributed by atoms with Gasteiger partial charge < -0.3 is 10.6 Å². The minimum atomic E-state index is -4.68. The summed E-state index contributed by atoms with van der Waals surface area (Å²) in [5, 5.41) is 9.05. The number of aromatic nitrogens is 4. The van der Waals surface area contributed by atoms with Crippen LogP contribution in [-0.2, 0) is 6.18 Å². The van der Waals surface area contributed by atoms with Gasteiger partial charge >= 0.3 is 6.18 Å². The zero-order chi connectivity index (χ0) is 23.6. The Morgan fingerprint density at radius 3 is 2.47 bits per heavy atom. The lowest BCUT2D eigenvalue weighted by Crippen LogP contribution is -2.26. The number of alkyl halides is 3. The number of anilines is 1.